The number of carbonyl (C=O) groups is 3. The molecule has 6 atom stereocenters. The number of nitrogens with one attached hydrogen (secondary N) is 2. The Morgan fingerprint density at radius 2 is 1.76 bits per heavy atom. The van der Waals surface area contributed by atoms with Gasteiger partial charge in [0.05, 0.1) is 11.8 Å². The molecule has 4 aliphatic carbocycles. The van der Waals surface area contributed by atoms with Gasteiger partial charge in [-0.2, -0.15) is 0 Å². The third kappa shape index (κ3) is 2.44. The highest BCUT2D eigenvalue weighted by Crippen LogP contribution is 2.65. The second kappa shape index (κ2) is 6.05. The molecule has 5 aliphatic rings. The van der Waals surface area contributed by atoms with Crippen LogP contribution in [0.25, 0.3) is 10.9 Å². The number of allylic oxidation sites excluding steroid dienone is 2. The highest BCUT2D eigenvalue weighted by atomic mass is 16.2. The molecule has 6 heteroatoms. The van der Waals surface area contributed by atoms with Crippen LogP contribution < -0.4 is 5.32 Å². The van der Waals surface area contributed by atoms with E-state index in [1.165, 1.54) is 4.90 Å². The van der Waals surface area contributed by atoms with Crippen molar-refractivity contribution in [3.8, 4) is 0 Å². The van der Waals surface area contributed by atoms with Crippen molar-refractivity contribution in [3.63, 3.8) is 0 Å². The standard InChI is InChI=1S/C23H23N3O3/c27-19(24-8-7-12-10-25-18-4-2-1-3-13(12)18)11-26-22(28)20-14-5-6-15(17-9-16(14)17)21(20)23(26)29/h1-6,10,14-17,20-21,25H,7-9,11H2,(H,24,27)/t14-,15-,16-,17-,20-,21+/m1/s1. The number of hydrogen-bond acceptors (Lipinski definition) is 3. The minimum absolute atomic E-state index is 0.142. The number of H-pyrrole nitrogens is 1. The molecule has 7 rings (SSSR count). The fourth-order valence-corrected chi connectivity index (χ4v) is 6.05. The molecule has 29 heavy (non-hydrogen) atoms. The van der Waals surface area contributed by atoms with E-state index >= 15 is 0 Å². The van der Waals surface area contributed by atoms with E-state index < -0.39 is 0 Å². The van der Waals surface area contributed by atoms with Crippen LogP contribution in [0.1, 0.15) is 12.0 Å². The second-order valence-corrected chi connectivity index (χ2v) is 8.88. The van der Waals surface area contributed by atoms with E-state index in [0.717, 1.165) is 22.9 Å². The summed E-state index contributed by atoms with van der Waals surface area (Å²) >= 11 is 0. The molecule has 148 valence electrons. The lowest BCUT2D eigenvalue weighted by Crippen LogP contribution is -2.41. The summed E-state index contributed by atoms with van der Waals surface area (Å²) in [4.78, 5) is 42.8. The van der Waals surface area contributed by atoms with Gasteiger partial charge in [0, 0.05) is 23.6 Å². The van der Waals surface area contributed by atoms with E-state index in [-0.39, 0.29) is 47.9 Å². The number of amides is 3. The Morgan fingerprint density at radius 1 is 1.07 bits per heavy atom. The Morgan fingerprint density at radius 3 is 2.48 bits per heavy atom. The summed E-state index contributed by atoms with van der Waals surface area (Å²) in [7, 11) is 0. The van der Waals surface area contributed by atoms with Crippen LogP contribution in [0, 0.1) is 35.5 Å². The number of hydrogen-bond donors (Lipinski definition) is 2. The summed E-state index contributed by atoms with van der Waals surface area (Å²) in [6.45, 7) is 0.314. The van der Waals surface area contributed by atoms with Crippen LogP contribution in [0.3, 0.4) is 0 Å². The molecule has 2 bridgehead atoms. The van der Waals surface area contributed by atoms with E-state index in [2.05, 4.69) is 28.5 Å². The second-order valence-electron chi connectivity index (χ2n) is 8.88. The van der Waals surface area contributed by atoms with Crippen LogP contribution in [0.15, 0.2) is 42.6 Å². The molecule has 3 amide bonds. The first-order chi connectivity index (χ1) is 14.1. The maximum atomic E-state index is 12.9. The van der Waals surface area contributed by atoms with Crippen LogP contribution in [0.5, 0.6) is 0 Å². The Labute approximate surface area is 168 Å². The fourth-order valence-electron chi connectivity index (χ4n) is 6.05. The third-order valence-electron chi connectivity index (χ3n) is 7.45. The van der Waals surface area contributed by atoms with Crippen molar-refractivity contribution in [2.24, 2.45) is 35.5 Å². The summed E-state index contributed by atoms with van der Waals surface area (Å²) in [6.07, 6.45) is 8.10. The lowest BCUT2D eigenvalue weighted by molar-refractivity contribution is -0.143. The van der Waals surface area contributed by atoms with Gasteiger partial charge in [0.1, 0.15) is 6.54 Å². The Hall–Kier alpha value is -2.89. The van der Waals surface area contributed by atoms with Crippen molar-refractivity contribution in [1.82, 2.24) is 15.2 Å². The van der Waals surface area contributed by atoms with Gasteiger partial charge in [0.2, 0.25) is 17.7 Å². The molecule has 2 heterocycles. The molecular weight excluding hydrogens is 366 g/mol. The molecule has 1 saturated heterocycles. The van der Waals surface area contributed by atoms with Crippen molar-refractivity contribution < 1.29 is 14.4 Å². The minimum Gasteiger partial charge on any atom is -0.361 e. The molecule has 3 fully saturated rings. The van der Waals surface area contributed by atoms with E-state index in [1.54, 1.807) is 0 Å². The van der Waals surface area contributed by atoms with Crippen molar-refractivity contribution in [2.45, 2.75) is 12.8 Å². The van der Waals surface area contributed by atoms with Gasteiger partial charge in [-0.25, -0.2) is 0 Å². The third-order valence-corrected chi connectivity index (χ3v) is 7.45. The van der Waals surface area contributed by atoms with Crippen LogP contribution >= 0.6 is 0 Å². The van der Waals surface area contributed by atoms with Gasteiger partial charge in [-0.3, -0.25) is 19.3 Å². The van der Waals surface area contributed by atoms with Crippen molar-refractivity contribution >= 4 is 28.6 Å². The minimum atomic E-state index is -0.268. The summed E-state index contributed by atoms with van der Waals surface area (Å²) in [5, 5.41) is 4.03. The van der Waals surface area contributed by atoms with Gasteiger partial charge in [-0.15, -0.1) is 0 Å². The van der Waals surface area contributed by atoms with Crippen LogP contribution in [-0.2, 0) is 20.8 Å². The average molecular weight is 389 g/mol. The summed E-state index contributed by atoms with van der Waals surface area (Å²) < 4.78 is 0. The van der Waals surface area contributed by atoms with Crippen LogP contribution in [0.4, 0.5) is 0 Å². The number of imide groups is 1. The van der Waals surface area contributed by atoms with E-state index in [1.807, 2.05) is 24.4 Å². The average Bonchev–Trinajstić information content (AvgIpc) is 3.42. The first kappa shape index (κ1) is 17.0. The summed E-state index contributed by atoms with van der Waals surface area (Å²) in [5.41, 5.74) is 2.22. The number of aromatic nitrogens is 1. The van der Waals surface area contributed by atoms with Gasteiger partial charge in [-0.1, -0.05) is 30.4 Å². The first-order valence-corrected chi connectivity index (χ1v) is 10.5. The lowest BCUT2D eigenvalue weighted by atomic mass is 9.63. The van der Waals surface area contributed by atoms with E-state index in [9.17, 15) is 14.4 Å². The van der Waals surface area contributed by atoms with Gasteiger partial charge in [0.15, 0.2) is 0 Å². The fraction of sp³-hybridized carbons (Fsp3) is 0.435. The predicted molar refractivity (Wildman–Crippen MR) is 106 cm³/mol. The number of benzene rings is 1. The zero-order chi connectivity index (χ0) is 19.7. The number of aromatic amines is 1. The Kier molecular flexibility index (Phi) is 3.55. The molecular formula is C23H23N3O3. The molecule has 2 aromatic rings. The number of fused-ring (bicyclic) bond motifs is 1. The maximum absolute atomic E-state index is 12.9. The van der Waals surface area contributed by atoms with Gasteiger partial charge < -0.3 is 10.3 Å². The highest BCUT2D eigenvalue weighted by Gasteiger charge is 2.67. The highest BCUT2D eigenvalue weighted by molar-refractivity contribution is 6.08. The smallest absolute Gasteiger partial charge is 0.240 e. The van der Waals surface area contributed by atoms with Crippen molar-refractivity contribution in [1.29, 1.82) is 0 Å². The maximum Gasteiger partial charge on any atom is 0.240 e. The number of rotatable bonds is 5. The monoisotopic (exact) mass is 389 g/mol. The zero-order valence-corrected chi connectivity index (χ0v) is 16.0. The van der Waals surface area contributed by atoms with Crippen molar-refractivity contribution in [3.05, 3.63) is 48.2 Å². The molecule has 0 spiro atoms. The summed E-state index contributed by atoms with van der Waals surface area (Å²) in [6, 6.07) is 8.05. The van der Waals surface area contributed by atoms with Crippen LogP contribution in [0.2, 0.25) is 0 Å². The molecule has 1 aromatic carbocycles. The van der Waals surface area contributed by atoms with Crippen LogP contribution in [-0.4, -0.2) is 40.7 Å². The predicted octanol–water partition coefficient (Wildman–Crippen LogP) is 1.88. The Bertz CT molecular complexity index is 1030. The topological polar surface area (TPSA) is 82.3 Å². The van der Waals surface area contributed by atoms with Gasteiger partial charge in [-0.05, 0) is 48.1 Å². The largest absolute Gasteiger partial charge is 0.361 e. The van der Waals surface area contributed by atoms with E-state index in [4.69, 9.17) is 0 Å². The number of likely N-dealkylation sites (tertiary alicyclic amines) is 1. The number of nitrogens with zero attached hydrogens (tertiary/aromatic N) is 1. The molecule has 1 aliphatic heterocycles. The quantitative estimate of drug-likeness (QED) is 0.605. The molecule has 6 nitrogen and oxygen atoms in total. The van der Waals surface area contributed by atoms with Gasteiger partial charge >= 0.3 is 0 Å². The first-order valence-electron chi connectivity index (χ1n) is 10.5. The normalized spacial score (nSPS) is 33.9. The molecule has 1 aromatic heterocycles. The number of carbonyl (C=O) groups excluding carboxylic acids is 3. The van der Waals surface area contributed by atoms with Gasteiger partial charge in [0.25, 0.3) is 0 Å². The van der Waals surface area contributed by atoms with Crippen molar-refractivity contribution in [2.75, 3.05) is 13.1 Å². The zero-order valence-electron chi connectivity index (χ0n) is 16.0. The SMILES string of the molecule is O=C(CN1C(=O)[C@@H]2[C@@H]3C=C[C@H]([C@H]4C[C@H]34)[C@@H]2C1=O)NCCc1c[nH]c2ccccc12. The summed E-state index contributed by atoms with van der Waals surface area (Å²) in [5.74, 6) is 0.521. The lowest BCUT2D eigenvalue weighted by Gasteiger charge is -2.37. The molecule has 2 N–H and O–H groups in total. The molecule has 2 saturated carbocycles. The Balaban J connectivity index is 1.09. The molecule has 0 radical (unpaired) electrons. The van der Waals surface area contributed by atoms with E-state index in [0.29, 0.717) is 24.8 Å². The number of para-hydroxylation sites is 1. The molecule has 0 unspecified atom stereocenters.